The molecule has 0 unspecified atom stereocenters. The van der Waals surface area contributed by atoms with E-state index in [9.17, 15) is 33.6 Å². The van der Waals surface area contributed by atoms with Gasteiger partial charge in [0.2, 0.25) is 5.88 Å². The molecule has 2 heterocycles. The summed E-state index contributed by atoms with van der Waals surface area (Å²) in [4.78, 5) is 15.4. The maximum absolute atomic E-state index is 11.7. The Labute approximate surface area is 148 Å². The zero-order chi connectivity index (χ0) is 19.5. The average Bonchev–Trinajstić information content (AvgIpc) is 3.01. The Morgan fingerprint density at radius 3 is 2.15 bits per heavy atom. The quantitative estimate of drug-likeness (QED) is 0.319. The van der Waals surface area contributed by atoms with E-state index in [0.717, 1.165) is 0 Å². The van der Waals surface area contributed by atoms with E-state index in [1.54, 1.807) is 0 Å². The van der Waals surface area contributed by atoms with E-state index < -0.39 is 32.7 Å². The molecular formula is C14H18N2O9S. The van der Waals surface area contributed by atoms with E-state index in [4.69, 9.17) is 4.55 Å². The fraction of sp³-hybridized carbons (Fsp3) is 0.357. The molecular weight excluding hydrogens is 372 g/mol. The van der Waals surface area contributed by atoms with Crippen LogP contribution in [0.15, 0.2) is 23.1 Å². The summed E-state index contributed by atoms with van der Waals surface area (Å²) in [7, 11) is -4.79. The van der Waals surface area contributed by atoms with Crippen molar-refractivity contribution in [3.8, 4) is 23.5 Å². The average molecular weight is 390 g/mol. The van der Waals surface area contributed by atoms with Crippen molar-refractivity contribution in [3.05, 3.63) is 18.2 Å². The zero-order valence-electron chi connectivity index (χ0n) is 13.4. The van der Waals surface area contributed by atoms with E-state index in [1.807, 2.05) is 0 Å². The van der Waals surface area contributed by atoms with Crippen LogP contribution in [0, 0.1) is 0 Å². The van der Waals surface area contributed by atoms with Crippen molar-refractivity contribution in [3.63, 3.8) is 0 Å². The lowest BCUT2D eigenvalue weighted by Gasteiger charge is -2.08. The largest absolute Gasteiger partial charge is 0.494 e. The number of unbranched alkanes of at least 4 members (excludes halogenated alkanes) is 2. The van der Waals surface area contributed by atoms with E-state index >= 15 is 0 Å². The Morgan fingerprint density at radius 1 is 1.00 bits per heavy atom. The second kappa shape index (κ2) is 7.58. The fourth-order valence-electron chi connectivity index (χ4n) is 2.27. The van der Waals surface area contributed by atoms with E-state index in [0.29, 0.717) is 31.9 Å². The van der Waals surface area contributed by atoms with Crippen LogP contribution in [0.4, 0.5) is 0 Å². The first kappa shape index (κ1) is 19.5. The molecule has 2 rings (SSSR count). The first-order valence-electron chi connectivity index (χ1n) is 7.51. The number of carbonyl (C=O) groups is 1. The predicted octanol–water partition coefficient (Wildman–Crippen LogP) is 0.574. The van der Waals surface area contributed by atoms with Crippen molar-refractivity contribution < 1.29 is 43.0 Å². The molecule has 0 spiro atoms. The van der Waals surface area contributed by atoms with Gasteiger partial charge < -0.3 is 25.3 Å². The standard InChI is InChI=1S/C14H18N2O9S/c17-10-5-6-11(18)15(10)7-3-1-2-4-13(20)25-16-12(19)8-9(14(16)21)26(22,23)24/h5-6,8,17-19,21H,1-4,7H2,(H,22,23,24). The summed E-state index contributed by atoms with van der Waals surface area (Å²) in [5.41, 5.74) is 0. The summed E-state index contributed by atoms with van der Waals surface area (Å²) in [5, 5.41) is 38.0. The van der Waals surface area contributed by atoms with E-state index in [1.165, 1.54) is 16.7 Å². The molecule has 0 saturated carbocycles. The number of hydrogen-bond acceptors (Lipinski definition) is 8. The molecule has 11 nitrogen and oxygen atoms in total. The summed E-state index contributed by atoms with van der Waals surface area (Å²) < 4.78 is 32.3. The number of rotatable bonds is 8. The Bertz CT molecular complexity index is 878. The molecule has 0 atom stereocenters. The smallest absolute Gasteiger partial charge is 0.333 e. The highest BCUT2D eigenvalue weighted by molar-refractivity contribution is 7.86. The Morgan fingerprint density at radius 2 is 1.62 bits per heavy atom. The molecule has 2 aromatic rings. The fourth-order valence-corrected chi connectivity index (χ4v) is 2.84. The van der Waals surface area contributed by atoms with Gasteiger partial charge in [0.05, 0.1) is 0 Å². The number of aromatic hydroxyl groups is 4. The highest BCUT2D eigenvalue weighted by Gasteiger charge is 2.25. The third-order valence-corrected chi connectivity index (χ3v) is 4.41. The molecule has 0 aliphatic rings. The van der Waals surface area contributed by atoms with Crippen molar-refractivity contribution in [1.29, 1.82) is 0 Å². The molecule has 0 bridgehead atoms. The number of nitrogens with zero attached hydrogens (tertiary/aromatic N) is 2. The van der Waals surface area contributed by atoms with Gasteiger partial charge in [0.25, 0.3) is 16.0 Å². The number of carbonyl (C=O) groups excluding carboxylic acids is 1. The van der Waals surface area contributed by atoms with Gasteiger partial charge in [0.15, 0.2) is 16.7 Å². The minimum atomic E-state index is -4.79. The molecule has 0 radical (unpaired) electrons. The summed E-state index contributed by atoms with van der Waals surface area (Å²) in [5.74, 6) is -3.00. The van der Waals surface area contributed by atoms with Gasteiger partial charge in [-0.05, 0) is 12.8 Å². The second-order valence-electron chi connectivity index (χ2n) is 5.44. The van der Waals surface area contributed by atoms with Crippen LogP contribution in [0.3, 0.4) is 0 Å². The van der Waals surface area contributed by atoms with Crippen molar-refractivity contribution in [1.82, 2.24) is 9.30 Å². The van der Waals surface area contributed by atoms with Crippen molar-refractivity contribution in [2.75, 3.05) is 0 Å². The molecule has 26 heavy (non-hydrogen) atoms. The third kappa shape index (κ3) is 4.40. The van der Waals surface area contributed by atoms with Gasteiger partial charge in [-0.2, -0.15) is 8.42 Å². The molecule has 0 amide bonds. The van der Waals surface area contributed by atoms with Gasteiger partial charge in [0.1, 0.15) is 0 Å². The van der Waals surface area contributed by atoms with Crippen LogP contribution in [-0.4, -0.2) is 48.7 Å². The van der Waals surface area contributed by atoms with Gasteiger partial charge >= 0.3 is 5.97 Å². The topological polar surface area (TPSA) is 171 Å². The summed E-state index contributed by atoms with van der Waals surface area (Å²) in [6.07, 6.45) is 1.37. The van der Waals surface area contributed by atoms with Crippen LogP contribution in [0.5, 0.6) is 23.5 Å². The van der Waals surface area contributed by atoms with Crippen LogP contribution < -0.4 is 4.84 Å². The monoisotopic (exact) mass is 390 g/mol. The maximum atomic E-state index is 11.7. The Balaban J connectivity index is 1.82. The molecule has 2 aromatic heterocycles. The van der Waals surface area contributed by atoms with E-state index in [-0.39, 0.29) is 22.9 Å². The third-order valence-electron chi connectivity index (χ3n) is 3.55. The first-order valence-corrected chi connectivity index (χ1v) is 8.95. The molecule has 0 aromatic carbocycles. The first-order chi connectivity index (χ1) is 12.1. The lowest BCUT2D eigenvalue weighted by Crippen LogP contribution is -2.19. The maximum Gasteiger partial charge on any atom is 0.333 e. The number of hydrogen-bond donors (Lipinski definition) is 5. The number of aromatic nitrogens is 2. The zero-order valence-corrected chi connectivity index (χ0v) is 14.3. The summed E-state index contributed by atoms with van der Waals surface area (Å²) in [6, 6.07) is 3.24. The van der Waals surface area contributed by atoms with Crippen molar-refractivity contribution in [2.45, 2.75) is 37.1 Å². The van der Waals surface area contributed by atoms with Gasteiger partial charge in [-0.3, -0.25) is 9.12 Å². The van der Waals surface area contributed by atoms with Crippen LogP contribution in [0.1, 0.15) is 25.7 Å². The molecule has 144 valence electrons. The van der Waals surface area contributed by atoms with Crippen LogP contribution >= 0.6 is 0 Å². The summed E-state index contributed by atoms with van der Waals surface area (Å²) in [6.45, 7) is 0.344. The Kier molecular flexibility index (Phi) is 5.67. The van der Waals surface area contributed by atoms with Gasteiger partial charge in [-0.1, -0.05) is 6.42 Å². The van der Waals surface area contributed by atoms with Crippen LogP contribution in [-0.2, 0) is 21.5 Å². The molecule has 0 fully saturated rings. The second-order valence-corrected chi connectivity index (χ2v) is 6.83. The van der Waals surface area contributed by atoms with Gasteiger partial charge in [0, 0.05) is 31.2 Å². The Hall–Kier alpha value is -2.86. The van der Waals surface area contributed by atoms with Gasteiger partial charge in [-0.25, -0.2) is 4.79 Å². The highest BCUT2D eigenvalue weighted by Crippen LogP contribution is 2.30. The normalized spacial score (nSPS) is 11.6. The van der Waals surface area contributed by atoms with Crippen LogP contribution in [0.2, 0.25) is 0 Å². The SMILES string of the molecule is O=C(CCCCCn1c(O)ccc1O)On1c(O)cc(S(=O)(=O)O)c1O. The predicted molar refractivity (Wildman–Crippen MR) is 85.4 cm³/mol. The lowest BCUT2D eigenvalue weighted by molar-refractivity contribution is -0.145. The van der Waals surface area contributed by atoms with Crippen LogP contribution in [0.25, 0.3) is 0 Å². The molecule has 0 aliphatic carbocycles. The molecule has 0 aliphatic heterocycles. The molecule has 0 saturated heterocycles. The highest BCUT2D eigenvalue weighted by atomic mass is 32.2. The summed E-state index contributed by atoms with van der Waals surface area (Å²) >= 11 is 0. The lowest BCUT2D eigenvalue weighted by atomic mass is 10.2. The molecule has 12 heteroatoms. The molecule has 5 N–H and O–H groups in total. The van der Waals surface area contributed by atoms with Gasteiger partial charge in [-0.15, -0.1) is 4.73 Å². The minimum absolute atomic E-state index is 0.0740. The minimum Gasteiger partial charge on any atom is -0.494 e. The van der Waals surface area contributed by atoms with E-state index in [2.05, 4.69) is 4.84 Å². The van der Waals surface area contributed by atoms with Crippen molar-refractivity contribution >= 4 is 16.1 Å². The van der Waals surface area contributed by atoms with Crippen molar-refractivity contribution in [2.24, 2.45) is 0 Å².